The van der Waals surface area contributed by atoms with Gasteiger partial charge in [-0.25, -0.2) is 0 Å². The van der Waals surface area contributed by atoms with Gasteiger partial charge in [0.1, 0.15) is 5.75 Å². The fourth-order valence-corrected chi connectivity index (χ4v) is 2.22. The monoisotopic (exact) mass is 363 g/mol. The zero-order valence-electron chi connectivity index (χ0n) is 11.5. The average Bonchev–Trinajstić information content (AvgIpc) is 2.46. The summed E-state index contributed by atoms with van der Waals surface area (Å²) in [7, 11) is 0. The van der Waals surface area contributed by atoms with E-state index in [2.05, 4.69) is 5.32 Å². The first-order valence-electron chi connectivity index (χ1n) is 6.31. The van der Waals surface area contributed by atoms with Gasteiger partial charge < -0.3 is 10.1 Å². The van der Waals surface area contributed by atoms with Gasteiger partial charge in [-0.2, -0.15) is 13.2 Å². The van der Waals surface area contributed by atoms with Crippen LogP contribution in [-0.2, 0) is 11.0 Å². The fraction of sp³-hybridized carbons (Fsp3) is 0.133. The molecule has 8 heteroatoms. The Morgan fingerprint density at radius 1 is 1.13 bits per heavy atom. The van der Waals surface area contributed by atoms with Crippen LogP contribution in [0.5, 0.6) is 5.75 Å². The van der Waals surface area contributed by atoms with Crippen LogP contribution in [0.4, 0.5) is 18.9 Å². The molecule has 0 atom stereocenters. The van der Waals surface area contributed by atoms with Gasteiger partial charge in [0.15, 0.2) is 6.61 Å². The number of hydrogen-bond acceptors (Lipinski definition) is 2. The van der Waals surface area contributed by atoms with E-state index in [-0.39, 0.29) is 16.5 Å². The number of para-hydroxylation sites is 1. The molecular weight excluding hydrogens is 354 g/mol. The Kier molecular flexibility index (Phi) is 5.38. The van der Waals surface area contributed by atoms with Crippen LogP contribution in [0.3, 0.4) is 0 Å². The molecule has 0 aliphatic heterocycles. The standard InChI is InChI=1S/C15H10Cl2F3NO2/c16-9-5-6-13(11(17)7-9)23-8-14(22)21-12-4-2-1-3-10(12)15(18,19)20/h1-7H,8H2,(H,21,22). The van der Waals surface area contributed by atoms with Gasteiger partial charge in [-0.05, 0) is 30.3 Å². The molecule has 0 heterocycles. The van der Waals surface area contributed by atoms with E-state index in [1.165, 1.54) is 30.3 Å². The molecule has 0 fully saturated rings. The number of nitrogens with one attached hydrogen (secondary N) is 1. The summed E-state index contributed by atoms with van der Waals surface area (Å²) >= 11 is 11.6. The number of benzene rings is 2. The maximum Gasteiger partial charge on any atom is 0.418 e. The molecule has 1 amide bonds. The minimum Gasteiger partial charge on any atom is -0.482 e. The minimum absolute atomic E-state index is 0.195. The smallest absolute Gasteiger partial charge is 0.418 e. The zero-order valence-corrected chi connectivity index (χ0v) is 13.0. The van der Waals surface area contributed by atoms with E-state index in [0.717, 1.165) is 12.1 Å². The van der Waals surface area contributed by atoms with Crippen LogP contribution in [0, 0.1) is 0 Å². The quantitative estimate of drug-likeness (QED) is 0.827. The normalized spacial score (nSPS) is 11.2. The second kappa shape index (κ2) is 7.10. The number of alkyl halides is 3. The molecule has 0 bridgehead atoms. The molecular formula is C15H10Cl2F3NO2. The SMILES string of the molecule is O=C(COc1ccc(Cl)cc1Cl)Nc1ccccc1C(F)(F)F. The van der Waals surface area contributed by atoms with Gasteiger partial charge in [0.2, 0.25) is 0 Å². The number of ether oxygens (including phenoxy) is 1. The molecule has 0 spiro atoms. The lowest BCUT2D eigenvalue weighted by atomic mass is 10.1. The molecule has 0 saturated carbocycles. The summed E-state index contributed by atoms with van der Waals surface area (Å²) in [5, 5.41) is 2.75. The second-order valence-electron chi connectivity index (χ2n) is 4.45. The summed E-state index contributed by atoms with van der Waals surface area (Å²) in [6.45, 7) is -0.493. The van der Waals surface area contributed by atoms with Crippen molar-refractivity contribution in [2.75, 3.05) is 11.9 Å². The molecule has 122 valence electrons. The number of anilines is 1. The van der Waals surface area contributed by atoms with Crippen molar-refractivity contribution in [3.63, 3.8) is 0 Å². The molecule has 0 aromatic heterocycles. The molecule has 0 aliphatic rings. The van der Waals surface area contributed by atoms with Crippen molar-refractivity contribution in [1.82, 2.24) is 0 Å². The molecule has 23 heavy (non-hydrogen) atoms. The number of halogens is 5. The summed E-state index contributed by atoms with van der Waals surface area (Å²) in [4.78, 5) is 11.8. The Bertz CT molecular complexity index is 720. The average molecular weight is 364 g/mol. The maximum absolute atomic E-state index is 12.8. The van der Waals surface area contributed by atoms with Crippen LogP contribution in [0.15, 0.2) is 42.5 Å². The second-order valence-corrected chi connectivity index (χ2v) is 5.30. The Balaban J connectivity index is 2.03. The van der Waals surface area contributed by atoms with E-state index in [1.807, 2.05) is 0 Å². The highest BCUT2D eigenvalue weighted by Crippen LogP contribution is 2.34. The molecule has 2 rings (SSSR count). The first-order chi connectivity index (χ1) is 10.8. The van der Waals surface area contributed by atoms with E-state index in [0.29, 0.717) is 5.02 Å². The minimum atomic E-state index is -4.57. The van der Waals surface area contributed by atoms with Gasteiger partial charge in [-0.15, -0.1) is 0 Å². The third kappa shape index (κ3) is 4.77. The van der Waals surface area contributed by atoms with E-state index < -0.39 is 24.3 Å². The van der Waals surface area contributed by atoms with Crippen molar-refractivity contribution in [2.45, 2.75) is 6.18 Å². The van der Waals surface area contributed by atoms with Crippen LogP contribution >= 0.6 is 23.2 Å². The Labute approximate surface area is 140 Å². The van der Waals surface area contributed by atoms with E-state index >= 15 is 0 Å². The lowest BCUT2D eigenvalue weighted by Gasteiger charge is -2.14. The molecule has 1 N–H and O–H groups in total. The molecule has 0 radical (unpaired) electrons. The van der Waals surface area contributed by atoms with Crippen LogP contribution in [0.1, 0.15) is 5.56 Å². The molecule has 0 unspecified atom stereocenters. The summed E-state index contributed by atoms with van der Waals surface area (Å²) in [6.07, 6.45) is -4.57. The van der Waals surface area contributed by atoms with Crippen LogP contribution in [-0.4, -0.2) is 12.5 Å². The number of hydrogen-bond donors (Lipinski definition) is 1. The third-order valence-corrected chi connectivity index (χ3v) is 3.29. The summed E-state index contributed by atoms with van der Waals surface area (Å²) in [5.41, 5.74) is -1.27. The first kappa shape index (κ1) is 17.4. The van der Waals surface area contributed by atoms with Crippen molar-refractivity contribution in [1.29, 1.82) is 0 Å². The maximum atomic E-state index is 12.8. The Morgan fingerprint density at radius 3 is 2.48 bits per heavy atom. The topological polar surface area (TPSA) is 38.3 Å². The van der Waals surface area contributed by atoms with Crippen molar-refractivity contribution in [3.8, 4) is 5.75 Å². The molecule has 0 saturated heterocycles. The zero-order chi connectivity index (χ0) is 17.0. The van der Waals surface area contributed by atoms with Crippen molar-refractivity contribution < 1.29 is 22.7 Å². The predicted molar refractivity (Wildman–Crippen MR) is 82.0 cm³/mol. The van der Waals surface area contributed by atoms with Gasteiger partial charge in [0, 0.05) is 5.02 Å². The van der Waals surface area contributed by atoms with Crippen LogP contribution in [0.25, 0.3) is 0 Å². The van der Waals surface area contributed by atoms with Gasteiger partial charge >= 0.3 is 6.18 Å². The van der Waals surface area contributed by atoms with E-state index in [4.69, 9.17) is 27.9 Å². The first-order valence-corrected chi connectivity index (χ1v) is 7.07. The summed E-state index contributed by atoms with van der Waals surface area (Å²) in [5.74, 6) is -0.539. The fourth-order valence-electron chi connectivity index (χ4n) is 1.76. The van der Waals surface area contributed by atoms with Crippen molar-refractivity contribution in [3.05, 3.63) is 58.1 Å². The third-order valence-electron chi connectivity index (χ3n) is 2.76. The Hall–Kier alpha value is -1.92. The van der Waals surface area contributed by atoms with Crippen LogP contribution in [0.2, 0.25) is 10.0 Å². The number of amides is 1. The number of carbonyl (C=O) groups excluding carboxylic acids is 1. The summed E-state index contributed by atoms with van der Waals surface area (Å²) < 4.78 is 43.7. The van der Waals surface area contributed by atoms with E-state index in [1.54, 1.807) is 0 Å². The highest BCUT2D eigenvalue weighted by Gasteiger charge is 2.33. The van der Waals surface area contributed by atoms with Gasteiger partial charge in [-0.3, -0.25) is 4.79 Å². The van der Waals surface area contributed by atoms with Crippen molar-refractivity contribution >= 4 is 34.8 Å². The number of carbonyl (C=O) groups is 1. The Morgan fingerprint density at radius 2 is 1.83 bits per heavy atom. The molecule has 2 aromatic carbocycles. The van der Waals surface area contributed by atoms with Gasteiger partial charge in [-0.1, -0.05) is 35.3 Å². The highest BCUT2D eigenvalue weighted by molar-refractivity contribution is 6.35. The van der Waals surface area contributed by atoms with E-state index in [9.17, 15) is 18.0 Å². The molecule has 2 aromatic rings. The predicted octanol–water partition coefficient (Wildman–Crippen LogP) is 5.03. The lowest BCUT2D eigenvalue weighted by Crippen LogP contribution is -2.22. The van der Waals surface area contributed by atoms with Gasteiger partial charge in [0.05, 0.1) is 16.3 Å². The largest absolute Gasteiger partial charge is 0.482 e. The van der Waals surface area contributed by atoms with Gasteiger partial charge in [0.25, 0.3) is 5.91 Å². The molecule has 3 nitrogen and oxygen atoms in total. The lowest BCUT2D eigenvalue weighted by molar-refractivity contribution is -0.137. The van der Waals surface area contributed by atoms with Crippen LogP contribution < -0.4 is 10.1 Å². The highest BCUT2D eigenvalue weighted by atomic mass is 35.5. The summed E-state index contributed by atoms with van der Waals surface area (Å²) in [6, 6.07) is 9.07. The van der Waals surface area contributed by atoms with Crippen molar-refractivity contribution in [2.24, 2.45) is 0 Å². The number of rotatable bonds is 4. The molecule has 0 aliphatic carbocycles.